The van der Waals surface area contributed by atoms with E-state index in [9.17, 15) is 0 Å². The standard InChI is InChI=1S/CH2ClO2P/c2-5-4-1-3/h1,5H. The molecule has 0 radical (unpaired) electrons. The van der Waals surface area contributed by atoms with Gasteiger partial charge in [-0.1, -0.05) is 11.2 Å². The van der Waals surface area contributed by atoms with Crippen LogP contribution >= 0.6 is 19.4 Å². The molecule has 1 unspecified atom stereocenters. The van der Waals surface area contributed by atoms with Gasteiger partial charge in [0.25, 0.3) is 6.47 Å². The third kappa shape index (κ3) is 4.19. The van der Waals surface area contributed by atoms with Crippen molar-refractivity contribution in [2.75, 3.05) is 0 Å². The summed E-state index contributed by atoms with van der Waals surface area (Å²) < 4.78 is 3.95. The number of carbonyl (C=O) groups is 1. The summed E-state index contributed by atoms with van der Waals surface area (Å²) >= 11 is 4.88. The van der Waals surface area contributed by atoms with E-state index in [-0.39, 0.29) is 8.16 Å². The molecular weight excluding hydrogens is 110 g/mol. The zero-order valence-electron chi connectivity index (χ0n) is 2.27. The zero-order chi connectivity index (χ0) is 4.12. The van der Waals surface area contributed by atoms with Gasteiger partial charge in [0.15, 0.2) is 8.16 Å². The second kappa shape index (κ2) is 4.19. The lowest BCUT2D eigenvalue weighted by Gasteiger charge is -1.76. The molecule has 0 aliphatic carbocycles. The van der Waals surface area contributed by atoms with Gasteiger partial charge in [-0.05, 0) is 0 Å². The van der Waals surface area contributed by atoms with E-state index < -0.39 is 0 Å². The summed E-state index contributed by atoms with van der Waals surface area (Å²) in [7, 11) is -0.238. The van der Waals surface area contributed by atoms with Crippen molar-refractivity contribution in [2.45, 2.75) is 0 Å². The molecule has 0 bridgehead atoms. The Kier molecular flexibility index (Phi) is 4.35. The minimum atomic E-state index is -0.238. The molecule has 5 heavy (non-hydrogen) atoms. The fraction of sp³-hybridized carbons (Fsp3) is 0. The molecule has 0 saturated carbocycles. The van der Waals surface area contributed by atoms with E-state index in [0.29, 0.717) is 6.47 Å². The lowest BCUT2D eigenvalue weighted by atomic mass is 11.7. The summed E-state index contributed by atoms with van der Waals surface area (Å²) in [6.45, 7) is 0.311. The molecule has 0 heterocycles. The maximum atomic E-state index is 9.11. The summed E-state index contributed by atoms with van der Waals surface area (Å²) in [4.78, 5) is 9.11. The van der Waals surface area contributed by atoms with Crippen LogP contribution in [-0.2, 0) is 9.32 Å². The molecule has 0 aromatic rings. The third-order valence-corrected chi connectivity index (χ3v) is 0.545. The third-order valence-electron chi connectivity index (χ3n) is 0.0927. The quantitative estimate of drug-likeness (QED) is 0.392. The van der Waals surface area contributed by atoms with Crippen molar-refractivity contribution < 1.29 is 9.32 Å². The highest BCUT2D eigenvalue weighted by molar-refractivity contribution is 7.64. The monoisotopic (exact) mass is 112 g/mol. The van der Waals surface area contributed by atoms with E-state index in [1.54, 1.807) is 0 Å². The summed E-state index contributed by atoms with van der Waals surface area (Å²) in [6, 6.07) is 0. The summed E-state index contributed by atoms with van der Waals surface area (Å²) in [6.07, 6.45) is 0. The van der Waals surface area contributed by atoms with Gasteiger partial charge in [0.05, 0.1) is 0 Å². The van der Waals surface area contributed by atoms with E-state index in [0.717, 1.165) is 0 Å². The molecule has 0 fully saturated rings. The van der Waals surface area contributed by atoms with Gasteiger partial charge in [-0.15, -0.1) is 0 Å². The number of carbonyl (C=O) groups excluding carboxylic acids is 1. The van der Waals surface area contributed by atoms with Crippen LogP contribution in [0, 0.1) is 0 Å². The molecule has 0 aromatic carbocycles. The second-order valence-corrected chi connectivity index (χ2v) is 1.14. The molecular formula is CH2ClO2P. The van der Waals surface area contributed by atoms with E-state index in [4.69, 9.17) is 16.0 Å². The smallest absolute Gasteiger partial charge is 0.296 e. The Morgan fingerprint density at radius 2 is 2.60 bits per heavy atom. The van der Waals surface area contributed by atoms with Crippen molar-refractivity contribution >= 4 is 25.9 Å². The molecule has 0 spiro atoms. The van der Waals surface area contributed by atoms with Crippen molar-refractivity contribution in [3.8, 4) is 0 Å². The van der Waals surface area contributed by atoms with Crippen LogP contribution in [0.2, 0.25) is 0 Å². The van der Waals surface area contributed by atoms with Gasteiger partial charge >= 0.3 is 0 Å². The highest BCUT2D eigenvalue weighted by Crippen LogP contribution is 2.13. The Hall–Kier alpha value is 0.190. The van der Waals surface area contributed by atoms with Crippen molar-refractivity contribution in [3.05, 3.63) is 0 Å². The second-order valence-electron chi connectivity index (χ2n) is 0.291. The molecule has 0 rings (SSSR count). The minimum Gasteiger partial charge on any atom is -0.433 e. The summed E-state index contributed by atoms with van der Waals surface area (Å²) in [5.74, 6) is 0. The average Bonchev–Trinajstić information content (AvgIpc) is 1.41. The SMILES string of the molecule is O=COPCl. The first-order valence-electron chi connectivity index (χ1n) is 0.865. The van der Waals surface area contributed by atoms with Crippen LogP contribution in [0.3, 0.4) is 0 Å². The van der Waals surface area contributed by atoms with Gasteiger partial charge in [-0.2, -0.15) is 0 Å². The molecule has 0 N–H and O–H groups in total. The fourth-order valence-electron chi connectivity index (χ4n) is 0.0182. The molecule has 0 aliphatic heterocycles. The largest absolute Gasteiger partial charge is 0.433 e. The average molecular weight is 112 g/mol. The van der Waals surface area contributed by atoms with Crippen LogP contribution < -0.4 is 0 Å². The van der Waals surface area contributed by atoms with Gasteiger partial charge in [0.1, 0.15) is 0 Å². The van der Waals surface area contributed by atoms with Gasteiger partial charge in [-0.3, -0.25) is 4.79 Å². The Morgan fingerprint density at radius 1 is 2.00 bits per heavy atom. The molecule has 0 aliphatic rings. The first kappa shape index (κ1) is 5.19. The van der Waals surface area contributed by atoms with Crippen molar-refractivity contribution in [1.82, 2.24) is 0 Å². The zero-order valence-corrected chi connectivity index (χ0v) is 4.03. The van der Waals surface area contributed by atoms with Gasteiger partial charge in [0.2, 0.25) is 0 Å². The summed E-state index contributed by atoms with van der Waals surface area (Å²) in [5, 5.41) is 0. The van der Waals surface area contributed by atoms with Crippen molar-refractivity contribution in [2.24, 2.45) is 0 Å². The lowest BCUT2D eigenvalue weighted by Crippen LogP contribution is -1.59. The van der Waals surface area contributed by atoms with Crippen LogP contribution in [0.4, 0.5) is 0 Å². The van der Waals surface area contributed by atoms with Gasteiger partial charge in [-0.25, -0.2) is 0 Å². The van der Waals surface area contributed by atoms with Gasteiger partial charge in [0, 0.05) is 0 Å². The molecule has 0 amide bonds. The highest BCUT2D eigenvalue weighted by atomic mass is 35.7. The Morgan fingerprint density at radius 3 is 2.60 bits per heavy atom. The predicted octanol–water partition coefficient (Wildman–Crippen LogP) is 0.907. The fourth-order valence-corrected chi connectivity index (χ4v) is 0.164. The van der Waals surface area contributed by atoms with Crippen LogP contribution in [-0.4, -0.2) is 6.47 Å². The molecule has 4 heteroatoms. The van der Waals surface area contributed by atoms with Crippen LogP contribution in [0.5, 0.6) is 0 Å². The molecule has 2 nitrogen and oxygen atoms in total. The Bertz CT molecular complexity index is 30.8. The van der Waals surface area contributed by atoms with Crippen LogP contribution in [0.15, 0.2) is 0 Å². The first-order valence-corrected chi connectivity index (χ1v) is 2.78. The number of halogens is 1. The first-order chi connectivity index (χ1) is 2.41. The number of hydrogen-bond acceptors (Lipinski definition) is 2. The molecule has 30 valence electrons. The maximum absolute atomic E-state index is 9.11. The topological polar surface area (TPSA) is 26.3 Å². The van der Waals surface area contributed by atoms with Crippen LogP contribution in [0.1, 0.15) is 0 Å². The molecule has 0 aromatic heterocycles. The predicted molar refractivity (Wildman–Crippen MR) is 21.3 cm³/mol. The summed E-state index contributed by atoms with van der Waals surface area (Å²) in [5.41, 5.74) is 0. The molecule has 1 atom stereocenters. The Balaban J connectivity index is 2.40. The molecule has 0 saturated heterocycles. The van der Waals surface area contributed by atoms with Crippen molar-refractivity contribution in [1.29, 1.82) is 0 Å². The Labute approximate surface area is 36.1 Å². The van der Waals surface area contributed by atoms with Crippen LogP contribution in [0.25, 0.3) is 0 Å². The normalized spacial score (nSPS) is 9.00. The van der Waals surface area contributed by atoms with Gasteiger partial charge < -0.3 is 4.52 Å². The van der Waals surface area contributed by atoms with E-state index >= 15 is 0 Å². The lowest BCUT2D eigenvalue weighted by molar-refractivity contribution is -0.119. The van der Waals surface area contributed by atoms with E-state index in [2.05, 4.69) is 4.52 Å². The van der Waals surface area contributed by atoms with E-state index in [1.807, 2.05) is 0 Å². The number of rotatable bonds is 2. The van der Waals surface area contributed by atoms with Crippen molar-refractivity contribution in [3.63, 3.8) is 0 Å². The number of hydrogen-bond donors (Lipinski definition) is 0. The maximum Gasteiger partial charge on any atom is 0.296 e. The van der Waals surface area contributed by atoms with E-state index in [1.165, 1.54) is 0 Å². The highest BCUT2D eigenvalue weighted by Gasteiger charge is 1.64. The minimum absolute atomic E-state index is 0.238.